The van der Waals surface area contributed by atoms with E-state index in [2.05, 4.69) is 10.4 Å². The van der Waals surface area contributed by atoms with E-state index in [0.29, 0.717) is 12.3 Å². The summed E-state index contributed by atoms with van der Waals surface area (Å²) in [6, 6.07) is 19.1. The van der Waals surface area contributed by atoms with Gasteiger partial charge in [-0.05, 0) is 49.7 Å². The Morgan fingerprint density at radius 2 is 1.89 bits per heavy atom. The maximum absolute atomic E-state index is 12.6. The van der Waals surface area contributed by atoms with Crippen LogP contribution in [0.15, 0.2) is 71.5 Å². The first kappa shape index (κ1) is 18.4. The van der Waals surface area contributed by atoms with Crippen LogP contribution in [0, 0.1) is 0 Å². The molecule has 3 aromatic rings. The largest absolute Gasteiger partial charge is 0.494 e. The Morgan fingerprint density at radius 3 is 2.63 bits per heavy atom. The number of ether oxygens (including phenoxy) is 1. The zero-order chi connectivity index (χ0) is 19.2. The van der Waals surface area contributed by atoms with Gasteiger partial charge in [0.15, 0.2) is 0 Å². The van der Waals surface area contributed by atoms with Gasteiger partial charge in [0, 0.05) is 6.07 Å². The van der Waals surface area contributed by atoms with E-state index in [-0.39, 0.29) is 23.2 Å². The summed E-state index contributed by atoms with van der Waals surface area (Å²) in [4.78, 5) is 24.7. The molecule has 1 amide bonds. The maximum atomic E-state index is 12.6. The Labute approximate surface area is 157 Å². The molecule has 3 rings (SSSR count). The molecular formula is C21H21N3O3. The normalized spacial score (nSPS) is 11.6. The molecule has 0 aliphatic carbocycles. The van der Waals surface area contributed by atoms with Crippen molar-refractivity contribution in [2.75, 3.05) is 6.61 Å². The van der Waals surface area contributed by atoms with Crippen LogP contribution in [-0.2, 0) is 0 Å². The highest BCUT2D eigenvalue weighted by Crippen LogP contribution is 2.19. The summed E-state index contributed by atoms with van der Waals surface area (Å²) in [5.41, 5.74) is 1.40. The summed E-state index contributed by atoms with van der Waals surface area (Å²) in [6.45, 7) is 4.39. The molecule has 1 aromatic heterocycles. The minimum Gasteiger partial charge on any atom is -0.494 e. The van der Waals surface area contributed by atoms with Crippen molar-refractivity contribution >= 4 is 5.91 Å². The number of amides is 1. The number of rotatable bonds is 6. The third-order valence-electron chi connectivity index (χ3n) is 4.05. The van der Waals surface area contributed by atoms with Gasteiger partial charge < -0.3 is 10.1 Å². The second-order valence-electron chi connectivity index (χ2n) is 6.00. The van der Waals surface area contributed by atoms with Gasteiger partial charge in [0.2, 0.25) is 0 Å². The third kappa shape index (κ3) is 4.41. The number of nitrogens with one attached hydrogen (secondary N) is 1. The standard InChI is InChI=1S/C21H21N3O3/c1-3-27-18-11-7-8-16(14-18)15(2)22-21(26)19-12-13-20(25)24(23-19)17-9-5-4-6-10-17/h4-15H,3H2,1-2H3,(H,22,26). The number of aromatic nitrogens is 2. The topological polar surface area (TPSA) is 73.2 Å². The van der Waals surface area contributed by atoms with Crippen molar-refractivity contribution in [3.05, 3.63) is 88.3 Å². The van der Waals surface area contributed by atoms with Crippen molar-refractivity contribution in [1.29, 1.82) is 0 Å². The summed E-state index contributed by atoms with van der Waals surface area (Å²) < 4.78 is 6.72. The van der Waals surface area contributed by atoms with Gasteiger partial charge in [0.05, 0.1) is 18.3 Å². The van der Waals surface area contributed by atoms with Crippen LogP contribution in [0.4, 0.5) is 0 Å². The fraction of sp³-hybridized carbons (Fsp3) is 0.190. The van der Waals surface area contributed by atoms with Crippen LogP contribution in [0.2, 0.25) is 0 Å². The van der Waals surface area contributed by atoms with Crippen LogP contribution in [0.3, 0.4) is 0 Å². The van der Waals surface area contributed by atoms with Crippen LogP contribution in [0.5, 0.6) is 5.75 Å². The van der Waals surface area contributed by atoms with Crippen LogP contribution < -0.4 is 15.6 Å². The minimum atomic E-state index is -0.353. The average molecular weight is 363 g/mol. The van der Waals surface area contributed by atoms with Crippen LogP contribution >= 0.6 is 0 Å². The number of para-hydroxylation sites is 1. The summed E-state index contributed by atoms with van der Waals surface area (Å²) in [5, 5.41) is 7.11. The summed E-state index contributed by atoms with van der Waals surface area (Å²) in [5.74, 6) is 0.404. The Kier molecular flexibility index (Phi) is 5.66. The molecule has 0 aliphatic rings. The number of nitrogens with zero attached hydrogens (tertiary/aromatic N) is 2. The monoisotopic (exact) mass is 363 g/mol. The van der Waals surface area contributed by atoms with Crippen LogP contribution in [0.1, 0.15) is 35.9 Å². The van der Waals surface area contributed by atoms with E-state index in [1.54, 1.807) is 12.1 Å². The lowest BCUT2D eigenvalue weighted by atomic mass is 10.1. The number of hydrogen-bond acceptors (Lipinski definition) is 4. The first-order valence-corrected chi connectivity index (χ1v) is 8.78. The number of benzene rings is 2. The lowest BCUT2D eigenvalue weighted by Gasteiger charge is -2.15. The van der Waals surface area contributed by atoms with E-state index in [1.165, 1.54) is 16.8 Å². The zero-order valence-corrected chi connectivity index (χ0v) is 15.3. The Bertz CT molecular complexity index is 983. The quantitative estimate of drug-likeness (QED) is 0.730. The van der Waals surface area contributed by atoms with Crippen molar-refractivity contribution in [2.45, 2.75) is 19.9 Å². The summed E-state index contributed by atoms with van der Waals surface area (Å²) in [6.07, 6.45) is 0. The predicted octanol–water partition coefficient (Wildman–Crippen LogP) is 3.12. The molecule has 0 spiro atoms. The Hall–Kier alpha value is -3.41. The van der Waals surface area contributed by atoms with Gasteiger partial charge in [-0.3, -0.25) is 9.59 Å². The van der Waals surface area contributed by atoms with Gasteiger partial charge in [0.25, 0.3) is 11.5 Å². The van der Waals surface area contributed by atoms with Gasteiger partial charge in [0.1, 0.15) is 11.4 Å². The van der Waals surface area contributed by atoms with E-state index >= 15 is 0 Å². The number of hydrogen-bond donors (Lipinski definition) is 1. The molecule has 0 radical (unpaired) electrons. The molecule has 1 atom stereocenters. The highest BCUT2D eigenvalue weighted by molar-refractivity contribution is 5.92. The molecular weight excluding hydrogens is 342 g/mol. The molecule has 0 saturated carbocycles. The molecule has 6 nitrogen and oxygen atoms in total. The Balaban J connectivity index is 1.80. The molecule has 6 heteroatoms. The van der Waals surface area contributed by atoms with Crippen LogP contribution in [-0.4, -0.2) is 22.3 Å². The minimum absolute atomic E-state index is 0.172. The molecule has 0 saturated heterocycles. The SMILES string of the molecule is CCOc1cccc(C(C)NC(=O)c2ccc(=O)n(-c3ccccc3)n2)c1. The average Bonchev–Trinajstić information content (AvgIpc) is 2.69. The number of carbonyl (C=O) groups excluding carboxylic acids is 1. The van der Waals surface area contributed by atoms with E-state index in [1.807, 2.05) is 56.3 Å². The maximum Gasteiger partial charge on any atom is 0.272 e. The van der Waals surface area contributed by atoms with Crippen molar-refractivity contribution in [3.8, 4) is 11.4 Å². The van der Waals surface area contributed by atoms with E-state index < -0.39 is 0 Å². The van der Waals surface area contributed by atoms with Crippen molar-refractivity contribution < 1.29 is 9.53 Å². The van der Waals surface area contributed by atoms with Gasteiger partial charge in [-0.15, -0.1) is 0 Å². The van der Waals surface area contributed by atoms with E-state index in [9.17, 15) is 9.59 Å². The first-order valence-electron chi connectivity index (χ1n) is 8.78. The second-order valence-corrected chi connectivity index (χ2v) is 6.00. The molecule has 0 fully saturated rings. The number of carbonyl (C=O) groups is 1. The fourth-order valence-electron chi connectivity index (χ4n) is 2.68. The second kappa shape index (κ2) is 8.31. The van der Waals surface area contributed by atoms with Gasteiger partial charge >= 0.3 is 0 Å². The fourth-order valence-corrected chi connectivity index (χ4v) is 2.68. The van der Waals surface area contributed by atoms with E-state index in [0.717, 1.165) is 11.3 Å². The molecule has 138 valence electrons. The Morgan fingerprint density at radius 1 is 1.11 bits per heavy atom. The van der Waals surface area contributed by atoms with E-state index in [4.69, 9.17) is 4.74 Å². The van der Waals surface area contributed by atoms with Crippen molar-refractivity contribution in [2.24, 2.45) is 0 Å². The smallest absolute Gasteiger partial charge is 0.272 e. The van der Waals surface area contributed by atoms with Crippen LogP contribution in [0.25, 0.3) is 5.69 Å². The highest BCUT2D eigenvalue weighted by Gasteiger charge is 2.15. The lowest BCUT2D eigenvalue weighted by molar-refractivity contribution is 0.0933. The molecule has 0 aliphatic heterocycles. The molecule has 1 heterocycles. The lowest BCUT2D eigenvalue weighted by Crippen LogP contribution is -2.30. The van der Waals surface area contributed by atoms with Gasteiger partial charge in [-0.25, -0.2) is 0 Å². The molecule has 27 heavy (non-hydrogen) atoms. The van der Waals surface area contributed by atoms with Gasteiger partial charge in [-0.2, -0.15) is 9.78 Å². The molecule has 1 unspecified atom stereocenters. The highest BCUT2D eigenvalue weighted by atomic mass is 16.5. The molecule has 0 bridgehead atoms. The first-order chi connectivity index (χ1) is 13.1. The third-order valence-corrected chi connectivity index (χ3v) is 4.05. The summed E-state index contributed by atoms with van der Waals surface area (Å²) >= 11 is 0. The summed E-state index contributed by atoms with van der Waals surface area (Å²) in [7, 11) is 0. The predicted molar refractivity (Wildman–Crippen MR) is 103 cm³/mol. The van der Waals surface area contributed by atoms with Gasteiger partial charge in [-0.1, -0.05) is 30.3 Å². The van der Waals surface area contributed by atoms with Crippen molar-refractivity contribution in [1.82, 2.24) is 15.1 Å². The zero-order valence-electron chi connectivity index (χ0n) is 15.3. The molecule has 1 N–H and O–H groups in total. The van der Waals surface area contributed by atoms with Crippen molar-refractivity contribution in [3.63, 3.8) is 0 Å². The molecule has 2 aromatic carbocycles.